The highest BCUT2D eigenvalue weighted by Gasteiger charge is 2.35. The summed E-state index contributed by atoms with van der Waals surface area (Å²) in [6, 6.07) is 3.03. The van der Waals surface area contributed by atoms with Crippen molar-refractivity contribution in [1.82, 2.24) is 30.2 Å². The van der Waals surface area contributed by atoms with Crippen LogP contribution >= 0.6 is 0 Å². The van der Waals surface area contributed by atoms with Gasteiger partial charge in [0.1, 0.15) is 35.2 Å². The van der Waals surface area contributed by atoms with Gasteiger partial charge in [-0.15, -0.1) is 0 Å². The molecule has 1 unspecified atom stereocenters. The number of carbonyl (C=O) groups is 1. The molecule has 10 nitrogen and oxygen atoms in total. The largest absolute Gasteiger partial charge is 0.419 e. The minimum Gasteiger partial charge on any atom is -0.383 e. The van der Waals surface area contributed by atoms with E-state index in [0.717, 1.165) is 18.0 Å². The van der Waals surface area contributed by atoms with Gasteiger partial charge in [-0.25, -0.2) is 19.3 Å². The maximum absolute atomic E-state index is 14.0. The highest BCUT2D eigenvalue weighted by atomic mass is 19.4. The number of nitrogens with one attached hydrogen (secondary N) is 2. The quantitative estimate of drug-likeness (QED) is 0.313. The van der Waals surface area contributed by atoms with Gasteiger partial charge in [0.2, 0.25) is 0 Å². The molecule has 1 fully saturated rings. The van der Waals surface area contributed by atoms with Crippen LogP contribution in [0.3, 0.4) is 0 Å². The molecule has 0 spiro atoms. The summed E-state index contributed by atoms with van der Waals surface area (Å²) >= 11 is 0. The van der Waals surface area contributed by atoms with E-state index >= 15 is 0 Å². The summed E-state index contributed by atoms with van der Waals surface area (Å²) in [4.78, 5) is 27.4. The molecule has 1 atom stereocenters. The van der Waals surface area contributed by atoms with E-state index in [1.165, 1.54) is 19.4 Å². The van der Waals surface area contributed by atoms with Crippen LogP contribution in [-0.2, 0) is 17.5 Å². The Bertz CT molecular complexity index is 1360. The topological polar surface area (TPSA) is 123 Å². The minimum absolute atomic E-state index is 0.0124. The van der Waals surface area contributed by atoms with E-state index in [9.17, 15) is 22.4 Å². The number of halogens is 4. The summed E-state index contributed by atoms with van der Waals surface area (Å²) in [5, 5.41) is 5.93. The van der Waals surface area contributed by atoms with Crippen molar-refractivity contribution < 1.29 is 27.1 Å². The van der Waals surface area contributed by atoms with Crippen LogP contribution in [0.15, 0.2) is 30.7 Å². The lowest BCUT2D eigenvalue weighted by atomic mass is 9.95. The Kier molecular flexibility index (Phi) is 9.43. The predicted molar refractivity (Wildman–Crippen MR) is 146 cm³/mol. The average Bonchev–Trinajstić information content (AvgIpc) is 3.36. The number of hydrogen-bond acceptors (Lipinski definition) is 8. The number of aromatic nitrogens is 4. The molecule has 0 bridgehead atoms. The summed E-state index contributed by atoms with van der Waals surface area (Å²) < 4.78 is 61.3. The fraction of sp³-hybridized carbons (Fsp3) is 0.481. The molecule has 1 aromatic carbocycles. The first-order valence-electron chi connectivity index (χ1n) is 13.3. The van der Waals surface area contributed by atoms with E-state index in [4.69, 9.17) is 15.5 Å². The Hall–Kier alpha value is -3.78. The first kappa shape index (κ1) is 30.2. The average molecular weight is 579 g/mol. The number of carbonyl (C=O) groups excluding carboxylic acids is 1. The SMILES string of the molecule is CNC(=O)c1c(N)ncnc1N1CCC(c2nc(-c3ccc(F)c(C(F)(F)F)c3)cn2CCNC(C)COC)CC1. The number of hydrogen-bond donors (Lipinski definition) is 3. The minimum atomic E-state index is -4.82. The number of amides is 1. The first-order valence-corrected chi connectivity index (χ1v) is 13.3. The molecule has 41 heavy (non-hydrogen) atoms. The zero-order valence-electron chi connectivity index (χ0n) is 23.1. The lowest BCUT2D eigenvalue weighted by Gasteiger charge is -2.33. The standard InChI is InChI=1S/C27H34F4N8O2/c1-16(14-41-3)34-8-11-39-13-21(18-4-5-20(28)19(12-18)27(29,30)31)37-24(39)17-6-9-38(10-7-17)25-22(26(40)33-2)23(32)35-15-36-25/h4-5,12-13,15-17,34H,6-11,14H2,1-3H3,(H,33,40)(H2,32,35,36). The van der Waals surface area contributed by atoms with Crippen LogP contribution in [0.2, 0.25) is 0 Å². The maximum atomic E-state index is 14.0. The maximum Gasteiger partial charge on any atom is 0.419 e. The number of ether oxygens (including phenoxy) is 1. The molecule has 0 radical (unpaired) electrons. The van der Waals surface area contributed by atoms with Crippen molar-refractivity contribution in [2.45, 2.75) is 44.4 Å². The second kappa shape index (κ2) is 12.8. The normalized spacial score (nSPS) is 15.2. The van der Waals surface area contributed by atoms with Crippen LogP contribution in [-0.4, -0.2) is 71.9 Å². The number of nitrogens with two attached hydrogens (primary N) is 1. The highest BCUT2D eigenvalue weighted by molar-refractivity contribution is 6.02. The van der Waals surface area contributed by atoms with Crippen LogP contribution in [0.25, 0.3) is 11.3 Å². The van der Waals surface area contributed by atoms with Crippen molar-refractivity contribution in [1.29, 1.82) is 0 Å². The summed E-state index contributed by atoms with van der Waals surface area (Å²) in [5.74, 6) is -0.459. The lowest BCUT2D eigenvalue weighted by Crippen LogP contribution is -2.37. The van der Waals surface area contributed by atoms with Crippen molar-refractivity contribution in [3.63, 3.8) is 0 Å². The van der Waals surface area contributed by atoms with E-state index in [-0.39, 0.29) is 34.8 Å². The third-order valence-corrected chi connectivity index (χ3v) is 7.11. The zero-order chi connectivity index (χ0) is 29.7. The van der Waals surface area contributed by atoms with Gasteiger partial charge in [-0.05, 0) is 38.0 Å². The van der Waals surface area contributed by atoms with E-state index in [2.05, 4.69) is 20.6 Å². The Balaban J connectivity index is 1.60. The van der Waals surface area contributed by atoms with Crippen LogP contribution in [0.4, 0.5) is 29.2 Å². The molecule has 14 heteroatoms. The molecule has 0 aliphatic carbocycles. The summed E-state index contributed by atoms with van der Waals surface area (Å²) in [6.07, 6.45) is -0.488. The Morgan fingerprint density at radius 1 is 1.24 bits per heavy atom. The van der Waals surface area contributed by atoms with Crippen LogP contribution in [0.5, 0.6) is 0 Å². The van der Waals surface area contributed by atoms with Crippen LogP contribution in [0, 0.1) is 5.82 Å². The fourth-order valence-electron chi connectivity index (χ4n) is 5.04. The molecule has 1 saturated heterocycles. The van der Waals surface area contributed by atoms with E-state index in [0.29, 0.717) is 57.1 Å². The van der Waals surface area contributed by atoms with Gasteiger partial charge in [0.05, 0.1) is 17.9 Å². The monoisotopic (exact) mass is 578 g/mol. The number of methoxy groups -OCH3 is 1. The van der Waals surface area contributed by atoms with Gasteiger partial charge in [-0.3, -0.25) is 4.79 Å². The number of anilines is 2. The Labute approximate surface area is 235 Å². The number of benzene rings is 1. The summed E-state index contributed by atoms with van der Waals surface area (Å²) in [7, 11) is 3.13. The van der Waals surface area contributed by atoms with Gasteiger partial charge in [-0.2, -0.15) is 13.2 Å². The van der Waals surface area contributed by atoms with Crippen LogP contribution in [0.1, 0.15) is 47.4 Å². The van der Waals surface area contributed by atoms with E-state index < -0.39 is 17.6 Å². The molecule has 1 aliphatic heterocycles. The molecule has 222 valence electrons. The number of nitrogen functional groups attached to an aromatic ring is 1. The van der Waals surface area contributed by atoms with Crippen molar-refractivity contribution in [3.05, 3.63) is 53.5 Å². The number of rotatable bonds is 10. The second-order valence-corrected chi connectivity index (χ2v) is 9.98. The van der Waals surface area contributed by atoms with Gasteiger partial charge in [0, 0.05) is 64.1 Å². The van der Waals surface area contributed by atoms with Crippen molar-refractivity contribution >= 4 is 17.5 Å². The molecule has 1 amide bonds. The molecule has 3 heterocycles. The highest BCUT2D eigenvalue weighted by Crippen LogP contribution is 2.36. The lowest BCUT2D eigenvalue weighted by molar-refractivity contribution is -0.139. The number of imidazole rings is 1. The van der Waals surface area contributed by atoms with E-state index in [1.807, 2.05) is 16.4 Å². The predicted octanol–water partition coefficient (Wildman–Crippen LogP) is 3.45. The molecule has 3 aromatic rings. The van der Waals surface area contributed by atoms with Crippen molar-refractivity contribution in [2.24, 2.45) is 0 Å². The van der Waals surface area contributed by atoms with Gasteiger partial charge >= 0.3 is 6.18 Å². The molecule has 1 aliphatic rings. The first-order chi connectivity index (χ1) is 19.5. The smallest absolute Gasteiger partial charge is 0.383 e. The molecular formula is C27H34F4N8O2. The molecule has 2 aromatic heterocycles. The van der Waals surface area contributed by atoms with E-state index in [1.54, 1.807) is 13.3 Å². The van der Waals surface area contributed by atoms with Gasteiger partial charge in [-0.1, -0.05) is 0 Å². The number of piperidine rings is 1. The number of alkyl halides is 3. The van der Waals surface area contributed by atoms with Gasteiger partial charge < -0.3 is 30.6 Å². The van der Waals surface area contributed by atoms with Crippen molar-refractivity contribution in [2.75, 3.05) is 51.0 Å². The van der Waals surface area contributed by atoms with Crippen molar-refractivity contribution in [3.8, 4) is 11.3 Å². The number of nitrogens with zero attached hydrogens (tertiary/aromatic N) is 5. The third-order valence-electron chi connectivity index (χ3n) is 7.11. The molecule has 0 saturated carbocycles. The van der Waals surface area contributed by atoms with Crippen LogP contribution < -0.4 is 21.3 Å². The zero-order valence-corrected chi connectivity index (χ0v) is 23.1. The summed E-state index contributed by atoms with van der Waals surface area (Å²) in [6.45, 7) is 4.72. The molecular weight excluding hydrogens is 544 g/mol. The van der Waals surface area contributed by atoms with Gasteiger partial charge in [0.15, 0.2) is 0 Å². The Morgan fingerprint density at radius 2 is 1.98 bits per heavy atom. The Morgan fingerprint density at radius 3 is 2.63 bits per heavy atom. The third kappa shape index (κ3) is 6.93. The second-order valence-electron chi connectivity index (χ2n) is 9.98. The fourth-order valence-corrected chi connectivity index (χ4v) is 5.04. The van der Waals surface area contributed by atoms with Gasteiger partial charge in [0.25, 0.3) is 5.91 Å². The summed E-state index contributed by atoms with van der Waals surface area (Å²) in [5.41, 5.74) is 5.38. The molecule has 4 N–H and O–H groups in total. The molecule has 4 rings (SSSR count).